The van der Waals surface area contributed by atoms with Crippen molar-refractivity contribution in [3.63, 3.8) is 0 Å². The first kappa shape index (κ1) is 15.9. The van der Waals surface area contributed by atoms with Gasteiger partial charge in [0.05, 0.1) is 11.8 Å². The van der Waals surface area contributed by atoms with Crippen LogP contribution in [0.15, 0.2) is 61.1 Å². The number of hydrogen-bond donors (Lipinski definition) is 1. The third-order valence-electron chi connectivity index (χ3n) is 3.03. The maximum atomic E-state index is 13.8. The van der Waals surface area contributed by atoms with Crippen LogP contribution in [0.2, 0.25) is 5.02 Å². The van der Waals surface area contributed by atoms with Gasteiger partial charge in [0.25, 0.3) is 5.91 Å². The molecule has 1 aromatic heterocycles. The van der Waals surface area contributed by atoms with E-state index in [9.17, 15) is 9.18 Å². The minimum Gasteiger partial charge on any atom is -0.437 e. The highest BCUT2D eigenvalue weighted by Crippen LogP contribution is 2.23. The molecule has 0 atom stereocenters. The lowest BCUT2D eigenvalue weighted by Gasteiger charge is -2.09. The van der Waals surface area contributed by atoms with Gasteiger partial charge in [-0.25, -0.2) is 9.37 Å². The van der Waals surface area contributed by atoms with Crippen LogP contribution < -0.4 is 10.1 Å². The lowest BCUT2D eigenvalue weighted by molar-refractivity contribution is 0.102. The molecule has 1 heterocycles. The quantitative estimate of drug-likeness (QED) is 0.766. The first-order valence-corrected chi connectivity index (χ1v) is 7.30. The smallest absolute Gasteiger partial charge is 0.258 e. The van der Waals surface area contributed by atoms with Crippen molar-refractivity contribution in [3.05, 3.63) is 77.5 Å². The molecule has 1 N–H and O–H groups in total. The minimum absolute atomic E-state index is 0.0975. The van der Waals surface area contributed by atoms with Crippen LogP contribution in [0.25, 0.3) is 0 Å². The molecule has 0 radical (unpaired) electrons. The number of benzene rings is 2. The summed E-state index contributed by atoms with van der Waals surface area (Å²) in [5.74, 6) is -0.484. The molecule has 0 aliphatic rings. The van der Waals surface area contributed by atoms with Crippen molar-refractivity contribution < 1.29 is 13.9 Å². The number of aromatic nitrogens is 2. The van der Waals surface area contributed by atoms with Crippen molar-refractivity contribution in [1.29, 1.82) is 0 Å². The number of rotatable bonds is 4. The van der Waals surface area contributed by atoms with E-state index in [2.05, 4.69) is 15.3 Å². The minimum atomic E-state index is -0.688. The Morgan fingerprint density at radius 2 is 2.04 bits per heavy atom. The Morgan fingerprint density at radius 1 is 1.17 bits per heavy atom. The first-order valence-electron chi connectivity index (χ1n) is 6.92. The zero-order valence-corrected chi connectivity index (χ0v) is 13.0. The van der Waals surface area contributed by atoms with E-state index in [1.165, 1.54) is 30.7 Å². The zero-order valence-electron chi connectivity index (χ0n) is 12.2. The molecule has 24 heavy (non-hydrogen) atoms. The molecule has 3 aromatic rings. The summed E-state index contributed by atoms with van der Waals surface area (Å²) < 4.78 is 19.3. The molecule has 5 nitrogen and oxygen atoms in total. The van der Waals surface area contributed by atoms with Gasteiger partial charge in [-0.15, -0.1) is 0 Å². The number of hydrogen-bond acceptors (Lipinski definition) is 4. The molecule has 120 valence electrons. The Kier molecular flexibility index (Phi) is 4.67. The average Bonchev–Trinajstić information content (AvgIpc) is 2.56. The van der Waals surface area contributed by atoms with Gasteiger partial charge < -0.3 is 10.1 Å². The molecule has 0 saturated carbocycles. The molecular weight excluding hydrogens is 333 g/mol. The fraction of sp³-hybridized carbons (Fsp3) is 0. The van der Waals surface area contributed by atoms with Gasteiger partial charge >= 0.3 is 0 Å². The summed E-state index contributed by atoms with van der Waals surface area (Å²) in [6.45, 7) is 0. The summed E-state index contributed by atoms with van der Waals surface area (Å²) >= 11 is 5.68. The summed E-state index contributed by atoms with van der Waals surface area (Å²) in [6, 6.07) is 10.5. The van der Waals surface area contributed by atoms with Crippen LogP contribution in [-0.2, 0) is 0 Å². The largest absolute Gasteiger partial charge is 0.437 e. The number of carbonyl (C=O) groups is 1. The van der Waals surface area contributed by atoms with Crippen LogP contribution in [0.4, 0.5) is 10.1 Å². The Labute approximate surface area is 142 Å². The highest BCUT2D eigenvalue weighted by Gasteiger charge is 2.12. The van der Waals surface area contributed by atoms with Gasteiger partial charge in [0.15, 0.2) is 0 Å². The Balaban J connectivity index is 1.75. The van der Waals surface area contributed by atoms with E-state index in [0.717, 1.165) is 6.07 Å². The maximum absolute atomic E-state index is 13.8. The number of anilines is 1. The average molecular weight is 344 g/mol. The van der Waals surface area contributed by atoms with Crippen molar-refractivity contribution in [2.45, 2.75) is 0 Å². The number of halogens is 2. The summed E-state index contributed by atoms with van der Waals surface area (Å²) in [5, 5.41) is 2.83. The summed E-state index contributed by atoms with van der Waals surface area (Å²) in [5.41, 5.74) is 0.357. The first-order chi connectivity index (χ1) is 11.6. The van der Waals surface area contributed by atoms with E-state index in [1.54, 1.807) is 24.3 Å². The van der Waals surface area contributed by atoms with Crippen LogP contribution in [0.5, 0.6) is 11.6 Å². The second-order valence-electron chi connectivity index (χ2n) is 4.75. The number of ether oxygens (including phenoxy) is 1. The highest BCUT2D eigenvalue weighted by molar-refractivity contribution is 6.30. The third kappa shape index (κ3) is 3.85. The third-order valence-corrected chi connectivity index (χ3v) is 3.26. The van der Waals surface area contributed by atoms with Gasteiger partial charge in [-0.05, 0) is 30.3 Å². The molecule has 7 heteroatoms. The number of amides is 1. The molecule has 0 spiro atoms. The standard InChI is InChI=1S/C17H11ClFN3O2/c18-11-4-5-14(15(19)8-11)17(23)22-12-2-1-3-13(9-12)24-16-10-20-6-7-21-16/h1-10H,(H,22,23). The van der Waals surface area contributed by atoms with Crippen molar-refractivity contribution in [2.24, 2.45) is 0 Å². The highest BCUT2D eigenvalue weighted by atomic mass is 35.5. The van der Waals surface area contributed by atoms with E-state index in [1.807, 2.05) is 0 Å². The summed E-state index contributed by atoms with van der Waals surface area (Å²) in [7, 11) is 0. The Hall–Kier alpha value is -2.99. The summed E-state index contributed by atoms with van der Waals surface area (Å²) in [4.78, 5) is 20.1. The lowest BCUT2D eigenvalue weighted by atomic mass is 10.2. The molecule has 1 amide bonds. The van der Waals surface area contributed by atoms with Gasteiger partial charge in [-0.1, -0.05) is 17.7 Å². The van der Waals surface area contributed by atoms with Crippen LogP contribution in [0.1, 0.15) is 10.4 Å². The van der Waals surface area contributed by atoms with Gasteiger partial charge in [-0.3, -0.25) is 9.78 Å². The second kappa shape index (κ2) is 7.06. The van der Waals surface area contributed by atoms with E-state index < -0.39 is 11.7 Å². The van der Waals surface area contributed by atoms with Gasteiger partial charge in [0.2, 0.25) is 5.88 Å². The van der Waals surface area contributed by atoms with Crippen molar-refractivity contribution in [2.75, 3.05) is 5.32 Å². The molecule has 0 saturated heterocycles. The Bertz CT molecular complexity index is 875. The van der Waals surface area contributed by atoms with E-state index in [-0.39, 0.29) is 10.6 Å². The van der Waals surface area contributed by atoms with E-state index in [0.29, 0.717) is 17.3 Å². The fourth-order valence-electron chi connectivity index (χ4n) is 1.97. The molecule has 0 fully saturated rings. The predicted molar refractivity (Wildman–Crippen MR) is 87.9 cm³/mol. The van der Waals surface area contributed by atoms with Gasteiger partial charge in [0, 0.05) is 29.2 Å². The number of carbonyl (C=O) groups excluding carboxylic acids is 1. The number of nitrogens with one attached hydrogen (secondary N) is 1. The van der Waals surface area contributed by atoms with Crippen LogP contribution >= 0.6 is 11.6 Å². The van der Waals surface area contributed by atoms with E-state index in [4.69, 9.17) is 16.3 Å². The fourth-order valence-corrected chi connectivity index (χ4v) is 2.13. The van der Waals surface area contributed by atoms with Crippen LogP contribution in [-0.4, -0.2) is 15.9 Å². The molecule has 2 aromatic carbocycles. The lowest BCUT2D eigenvalue weighted by Crippen LogP contribution is -2.13. The number of nitrogens with zero attached hydrogens (tertiary/aromatic N) is 2. The van der Waals surface area contributed by atoms with Crippen LogP contribution in [0, 0.1) is 5.82 Å². The maximum Gasteiger partial charge on any atom is 0.258 e. The molecule has 0 aliphatic carbocycles. The SMILES string of the molecule is O=C(Nc1cccc(Oc2cnccn2)c1)c1ccc(Cl)cc1F. The molecule has 0 aliphatic heterocycles. The molecule has 0 bridgehead atoms. The normalized spacial score (nSPS) is 10.2. The van der Waals surface area contributed by atoms with Crippen molar-refractivity contribution in [1.82, 2.24) is 9.97 Å². The Morgan fingerprint density at radius 3 is 2.79 bits per heavy atom. The molecular formula is C17H11ClFN3O2. The topological polar surface area (TPSA) is 64.1 Å². The zero-order chi connectivity index (χ0) is 16.9. The second-order valence-corrected chi connectivity index (χ2v) is 5.19. The molecule has 3 rings (SSSR count). The van der Waals surface area contributed by atoms with Crippen molar-refractivity contribution >= 4 is 23.2 Å². The van der Waals surface area contributed by atoms with Crippen LogP contribution in [0.3, 0.4) is 0 Å². The monoisotopic (exact) mass is 343 g/mol. The predicted octanol–water partition coefficient (Wildman–Crippen LogP) is 4.31. The molecule has 0 unspecified atom stereocenters. The van der Waals surface area contributed by atoms with Crippen molar-refractivity contribution in [3.8, 4) is 11.6 Å². The van der Waals surface area contributed by atoms with Gasteiger partial charge in [0.1, 0.15) is 11.6 Å². The summed E-state index contributed by atoms with van der Waals surface area (Å²) in [6.07, 6.45) is 4.50. The van der Waals surface area contributed by atoms with Gasteiger partial charge in [-0.2, -0.15) is 0 Å². The van der Waals surface area contributed by atoms with E-state index >= 15 is 0 Å².